The van der Waals surface area contributed by atoms with Gasteiger partial charge in [-0.3, -0.25) is 4.79 Å². The Kier molecular flexibility index (Phi) is 6.95. The van der Waals surface area contributed by atoms with Gasteiger partial charge in [-0.05, 0) is 29.6 Å². The van der Waals surface area contributed by atoms with E-state index in [9.17, 15) is 4.79 Å². The number of benzene rings is 1. The van der Waals surface area contributed by atoms with Gasteiger partial charge in [0.1, 0.15) is 5.82 Å². The van der Waals surface area contributed by atoms with Gasteiger partial charge >= 0.3 is 0 Å². The second-order valence-corrected chi connectivity index (χ2v) is 8.31. The fraction of sp³-hybridized carbons (Fsp3) is 0.167. The predicted octanol–water partition coefficient (Wildman–Crippen LogP) is 5.15. The molecule has 3 aromatic rings. The summed E-state index contributed by atoms with van der Waals surface area (Å²) in [6.07, 6.45) is 2.50. The molecule has 27 heavy (non-hydrogen) atoms. The summed E-state index contributed by atoms with van der Waals surface area (Å²) in [5.74, 6) is 0.894. The van der Waals surface area contributed by atoms with E-state index in [-0.39, 0.29) is 11.7 Å². The number of anilines is 1. The maximum Gasteiger partial charge on any atom is 0.234 e. The van der Waals surface area contributed by atoms with E-state index in [0.29, 0.717) is 33.9 Å². The highest BCUT2D eigenvalue weighted by molar-refractivity contribution is 7.99. The SMILES string of the molecule is C=CCn1c(Cc2cccs2)nnc1SCC(=O)Nc1ccc(Cl)c(Cl)c1. The van der Waals surface area contributed by atoms with Crippen LogP contribution in [0.5, 0.6) is 0 Å². The van der Waals surface area contributed by atoms with Gasteiger partial charge in [0, 0.05) is 23.5 Å². The fourth-order valence-corrected chi connectivity index (χ4v) is 4.11. The van der Waals surface area contributed by atoms with Crippen molar-refractivity contribution < 1.29 is 4.79 Å². The number of thioether (sulfide) groups is 1. The number of nitrogens with zero attached hydrogens (tertiary/aromatic N) is 3. The number of hydrogen-bond acceptors (Lipinski definition) is 5. The molecular weight excluding hydrogens is 423 g/mol. The molecule has 0 bridgehead atoms. The molecule has 5 nitrogen and oxygen atoms in total. The monoisotopic (exact) mass is 438 g/mol. The molecule has 0 saturated carbocycles. The van der Waals surface area contributed by atoms with Gasteiger partial charge in [0.15, 0.2) is 5.16 Å². The molecule has 3 rings (SSSR count). The summed E-state index contributed by atoms with van der Waals surface area (Å²) < 4.78 is 1.98. The number of nitrogens with one attached hydrogen (secondary N) is 1. The molecule has 9 heteroatoms. The van der Waals surface area contributed by atoms with Crippen molar-refractivity contribution in [2.75, 3.05) is 11.1 Å². The highest BCUT2D eigenvalue weighted by Crippen LogP contribution is 2.25. The molecule has 1 aromatic carbocycles. The molecule has 0 radical (unpaired) electrons. The molecule has 140 valence electrons. The van der Waals surface area contributed by atoms with Crippen LogP contribution >= 0.6 is 46.3 Å². The Morgan fingerprint density at radius 2 is 2.15 bits per heavy atom. The van der Waals surface area contributed by atoms with Crippen LogP contribution in [0.4, 0.5) is 5.69 Å². The molecule has 0 unspecified atom stereocenters. The Balaban J connectivity index is 1.64. The van der Waals surface area contributed by atoms with Crippen molar-refractivity contribution in [3.05, 3.63) is 69.1 Å². The lowest BCUT2D eigenvalue weighted by Crippen LogP contribution is -2.14. The maximum atomic E-state index is 12.2. The molecule has 0 aliphatic carbocycles. The summed E-state index contributed by atoms with van der Waals surface area (Å²) in [5, 5.41) is 14.9. The number of carbonyl (C=O) groups is 1. The third-order valence-corrected chi connectivity index (χ3v) is 6.14. The lowest BCUT2D eigenvalue weighted by atomic mass is 10.3. The minimum absolute atomic E-state index is 0.161. The average molecular weight is 439 g/mol. The highest BCUT2D eigenvalue weighted by Gasteiger charge is 2.14. The average Bonchev–Trinajstić information content (AvgIpc) is 3.28. The molecule has 0 spiro atoms. The van der Waals surface area contributed by atoms with Gasteiger partial charge in [-0.1, -0.05) is 47.1 Å². The van der Waals surface area contributed by atoms with Crippen molar-refractivity contribution in [2.45, 2.75) is 18.1 Å². The van der Waals surface area contributed by atoms with Crippen molar-refractivity contribution in [1.29, 1.82) is 0 Å². The molecule has 0 fully saturated rings. The first kappa shape index (κ1) is 19.9. The first-order chi connectivity index (χ1) is 13.1. The number of rotatable bonds is 8. The summed E-state index contributed by atoms with van der Waals surface area (Å²) in [6.45, 7) is 4.38. The predicted molar refractivity (Wildman–Crippen MR) is 113 cm³/mol. The maximum absolute atomic E-state index is 12.2. The van der Waals surface area contributed by atoms with Crippen molar-refractivity contribution in [3.63, 3.8) is 0 Å². The molecule has 0 aliphatic rings. The van der Waals surface area contributed by atoms with Gasteiger partial charge in [-0.2, -0.15) is 0 Å². The van der Waals surface area contributed by atoms with Gasteiger partial charge in [-0.25, -0.2) is 0 Å². The Bertz CT molecular complexity index is 941. The smallest absolute Gasteiger partial charge is 0.234 e. The van der Waals surface area contributed by atoms with Crippen LogP contribution in [0.2, 0.25) is 10.0 Å². The number of aromatic nitrogens is 3. The van der Waals surface area contributed by atoms with E-state index >= 15 is 0 Å². The Labute approximate surface area is 175 Å². The molecule has 1 amide bonds. The molecular formula is C18H16Cl2N4OS2. The van der Waals surface area contributed by atoms with E-state index in [2.05, 4.69) is 28.2 Å². The molecule has 0 saturated heterocycles. The minimum Gasteiger partial charge on any atom is -0.325 e. The third-order valence-electron chi connectivity index (χ3n) is 3.55. The second kappa shape index (κ2) is 9.41. The molecule has 2 aromatic heterocycles. The van der Waals surface area contributed by atoms with Gasteiger partial charge < -0.3 is 9.88 Å². The summed E-state index contributed by atoms with van der Waals surface area (Å²) >= 11 is 14.9. The number of halogens is 2. The van der Waals surface area contributed by atoms with E-state index in [1.54, 1.807) is 35.6 Å². The first-order valence-electron chi connectivity index (χ1n) is 8.00. The largest absolute Gasteiger partial charge is 0.325 e. The molecule has 1 N–H and O–H groups in total. The Morgan fingerprint density at radius 3 is 2.85 bits per heavy atom. The van der Waals surface area contributed by atoms with Crippen molar-refractivity contribution >= 4 is 57.9 Å². The van der Waals surface area contributed by atoms with E-state index < -0.39 is 0 Å². The Hall–Kier alpha value is -1.80. The van der Waals surface area contributed by atoms with Crippen molar-refractivity contribution in [2.24, 2.45) is 0 Å². The zero-order chi connectivity index (χ0) is 19.2. The van der Waals surface area contributed by atoms with Crippen LogP contribution in [0.1, 0.15) is 10.7 Å². The first-order valence-corrected chi connectivity index (χ1v) is 10.6. The standard InChI is InChI=1S/C18H16Cl2N4OS2/c1-2-7-24-16(10-13-4-3-8-26-13)22-23-18(24)27-11-17(25)21-12-5-6-14(19)15(20)9-12/h2-6,8-9H,1,7,10-11H2,(H,21,25). The normalized spacial score (nSPS) is 10.7. The van der Waals surface area contributed by atoms with Gasteiger partial charge in [0.05, 0.1) is 15.8 Å². The van der Waals surface area contributed by atoms with Crippen LogP contribution in [0, 0.1) is 0 Å². The summed E-state index contributed by atoms with van der Waals surface area (Å²) in [7, 11) is 0. The highest BCUT2D eigenvalue weighted by atomic mass is 35.5. The zero-order valence-corrected chi connectivity index (χ0v) is 17.3. The third kappa shape index (κ3) is 5.35. The fourth-order valence-electron chi connectivity index (χ4n) is 2.34. The van der Waals surface area contributed by atoms with Gasteiger partial charge in [0.25, 0.3) is 0 Å². The second-order valence-electron chi connectivity index (χ2n) is 5.52. The van der Waals surface area contributed by atoms with Crippen LogP contribution in [0.15, 0.2) is 53.5 Å². The van der Waals surface area contributed by atoms with Gasteiger partial charge in [0.2, 0.25) is 5.91 Å². The number of hydrogen-bond donors (Lipinski definition) is 1. The van der Waals surface area contributed by atoms with Crippen LogP contribution in [-0.4, -0.2) is 26.4 Å². The van der Waals surface area contributed by atoms with E-state index in [0.717, 1.165) is 5.82 Å². The van der Waals surface area contributed by atoms with E-state index in [4.69, 9.17) is 23.2 Å². The quantitative estimate of drug-likeness (QED) is 0.389. The van der Waals surface area contributed by atoms with E-state index in [1.165, 1.54) is 16.6 Å². The van der Waals surface area contributed by atoms with E-state index in [1.807, 2.05) is 16.0 Å². The summed E-state index contributed by atoms with van der Waals surface area (Å²) in [6, 6.07) is 9.04. The van der Waals surface area contributed by atoms with Crippen LogP contribution in [0.3, 0.4) is 0 Å². The zero-order valence-electron chi connectivity index (χ0n) is 14.2. The number of amides is 1. The molecule has 0 atom stereocenters. The summed E-state index contributed by atoms with van der Waals surface area (Å²) in [4.78, 5) is 13.4. The van der Waals surface area contributed by atoms with Crippen LogP contribution in [0.25, 0.3) is 0 Å². The number of thiophene rings is 1. The van der Waals surface area contributed by atoms with Crippen LogP contribution < -0.4 is 5.32 Å². The van der Waals surface area contributed by atoms with Gasteiger partial charge in [-0.15, -0.1) is 28.1 Å². The number of carbonyl (C=O) groups excluding carboxylic acids is 1. The van der Waals surface area contributed by atoms with Crippen LogP contribution in [-0.2, 0) is 17.8 Å². The minimum atomic E-state index is -0.161. The summed E-state index contributed by atoms with van der Waals surface area (Å²) in [5.41, 5.74) is 0.598. The van der Waals surface area contributed by atoms with Crippen molar-refractivity contribution in [1.82, 2.24) is 14.8 Å². The number of allylic oxidation sites excluding steroid dienone is 1. The lowest BCUT2D eigenvalue weighted by Gasteiger charge is -2.08. The molecule has 2 heterocycles. The molecule has 0 aliphatic heterocycles. The van der Waals surface area contributed by atoms with Crippen molar-refractivity contribution in [3.8, 4) is 0 Å². The topological polar surface area (TPSA) is 59.8 Å². The lowest BCUT2D eigenvalue weighted by molar-refractivity contribution is -0.113. The Morgan fingerprint density at radius 1 is 1.30 bits per heavy atom.